The SMILES string of the molecule is CN(CC1(O)CCOCC1)C(=O)CN1CCCC1=O. The van der Waals surface area contributed by atoms with Crippen LogP contribution in [0.1, 0.15) is 25.7 Å². The lowest BCUT2D eigenvalue weighted by Crippen LogP contribution is -2.49. The summed E-state index contributed by atoms with van der Waals surface area (Å²) in [5.41, 5.74) is -0.850. The van der Waals surface area contributed by atoms with Crippen molar-refractivity contribution in [3.8, 4) is 0 Å². The summed E-state index contributed by atoms with van der Waals surface area (Å²) in [6.45, 7) is 2.15. The fourth-order valence-electron chi connectivity index (χ4n) is 2.59. The fraction of sp³-hybridized carbons (Fsp3) is 0.846. The van der Waals surface area contributed by atoms with E-state index in [-0.39, 0.29) is 18.4 Å². The lowest BCUT2D eigenvalue weighted by atomic mass is 9.94. The molecule has 0 bridgehead atoms. The fourth-order valence-corrected chi connectivity index (χ4v) is 2.59. The Morgan fingerprint density at radius 3 is 2.74 bits per heavy atom. The molecule has 2 heterocycles. The van der Waals surface area contributed by atoms with Gasteiger partial charge in [-0.1, -0.05) is 0 Å². The first kappa shape index (κ1) is 14.3. The normalized spacial score (nSPS) is 22.6. The zero-order chi connectivity index (χ0) is 13.9. The Kier molecular flexibility index (Phi) is 4.42. The van der Waals surface area contributed by atoms with E-state index in [1.807, 2.05) is 0 Å². The maximum absolute atomic E-state index is 12.1. The molecule has 2 aliphatic heterocycles. The average Bonchev–Trinajstić information content (AvgIpc) is 2.75. The van der Waals surface area contributed by atoms with Crippen LogP contribution >= 0.6 is 0 Å². The summed E-state index contributed by atoms with van der Waals surface area (Å²) in [5.74, 6) is -0.0679. The minimum absolute atomic E-state index is 0.0477. The molecule has 2 fully saturated rings. The summed E-state index contributed by atoms with van der Waals surface area (Å²) in [5, 5.41) is 10.3. The number of rotatable bonds is 4. The number of carbonyl (C=O) groups is 2. The van der Waals surface area contributed by atoms with E-state index in [1.165, 1.54) is 4.90 Å². The molecule has 0 unspecified atom stereocenters. The number of carbonyl (C=O) groups excluding carboxylic acids is 2. The minimum atomic E-state index is -0.850. The summed E-state index contributed by atoms with van der Waals surface area (Å²) < 4.78 is 5.21. The first-order valence-corrected chi connectivity index (χ1v) is 6.82. The number of ether oxygens (including phenoxy) is 1. The third-order valence-corrected chi connectivity index (χ3v) is 3.88. The van der Waals surface area contributed by atoms with E-state index in [0.717, 1.165) is 6.42 Å². The zero-order valence-corrected chi connectivity index (χ0v) is 11.4. The van der Waals surface area contributed by atoms with Gasteiger partial charge >= 0.3 is 0 Å². The third-order valence-electron chi connectivity index (χ3n) is 3.88. The minimum Gasteiger partial charge on any atom is -0.388 e. The summed E-state index contributed by atoms with van der Waals surface area (Å²) >= 11 is 0. The van der Waals surface area contributed by atoms with Crippen molar-refractivity contribution in [1.82, 2.24) is 9.80 Å². The topological polar surface area (TPSA) is 70.1 Å². The van der Waals surface area contributed by atoms with E-state index in [4.69, 9.17) is 4.74 Å². The van der Waals surface area contributed by atoms with Gasteiger partial charge in [0.2, 0.25) is 11.8 Å². The molecule has 108 valence electrons. The van der Waals surface area contributed by atoms with E-state index in [9.17, 15) is 14.7 Å². The molecular formula is C13H22N2O4. The first-order chi connectivity index (χ1) is 9.00. The van der Waals surface area contributed by atoms with Gasteiger partial charge in [0.1, 0.15) is 0 Å². The van der Waals surface area contributed by atoms with Crippen LogP contribution < -0.4 is 0 Å². The monoisotopic (exact) mass is 270 g/mol. The van der Waals surface area contributed by atoms with Crippen LogP contribution in [0, 0.1) is 0 Å². The molecule has 2 saturated heterocycles. The van der Waals surface area contributed by atoms with Crippen molar-refractivity contribution in [2.45, 2.75) is 31.3 Å². The second-order valence-electron chi connectivity index (χ2n) is 5.51. The van der Waals surface area contributed by atoms with Crippen molar-refractivity contribution < 1.29 is 19.4 Å². The van der Waals surface area contributed by atoms with Crippen molar-refractivity contribution in [3.05, 3.63) is 0 Å². The highest BCUT2D eigenvalue weighted by Crippen LogP contribution is 2.21. The molecule has 0 aromatic carbocycles. The highest BCUT2D eigenvalue weighted by molar-refractivity contribution is 5.85. The average molecular weight is 270 g/mol. The Hall–Kier alpha value is -1.14. The van der Waals surface area contributed by atoms with Gasteiger partial charge in [0.05, 0.1) is 12.1 Å². The molecule has 0 saturated carbocycles. The molecule has 0 aliphatic carbocycles. The number of amides is 2. The molecule has 0 spiro atoms. The molecule has 6 nitrogen and oxygen atoms in total. The number of nitrogens with zero attached hydrogens (tertiary/aromatic N) is 2. The second-order valence-corrected chi connectivity index (χ2v) is 5.51. The van der Waals surface area contributed by atoms with E-state index in [0.29, 0.717) is 45.6 Å². The maximum atomic E-state index is 12.1. The maximum Gasteiger partial charge on any atom is 0.242 e. The Bertz CT molecular complexity index is 353. The molecule has 0 radical (unpaired) electrons. The van der Waals surface area contributed by atoms with E-state index < -0.39 is 5.60 Å². The van der Waals surface area contributed by atoms with Gasteiger partial charge in [-0.15, -0.1) is 0 Å². The molecule has 2 rings (SSSR count). The molecular weight excluding hydrogens is 248 g/mol. The van der Waals surface area contributed by atoms with E-state index in [2.05, 4.69) is 0 Å². The number of hydrogen-bond donors (Lipinski definition) is 1. The second kappa shape index (κ2) is 5.88. The molecule has 0 atom stereocenters. The van der Waals surface area contributed by atoms with Crippen LogP contribution in [-0.4, -0.2) is 72.2 Å². The van der Waals surface area contributed by atoms with Crippen LogP contribution in [0.2, 0.25) is 0 Å². The Morgan fingerprint density at radius 2 is 2.16 bits per heavy atom. The van der Waals surface area contributed by atoms with Gasteiger partial charge in [-0.2, -0.15) is 0 Å². The van der Waals surface area contributed by atoms with E-state index >= 15 is 0 Å². The van der Waals surface area contributed by atoms with Gasteiger partial charge in [-0.3, -0.25) is 9.59 Å². The van der Waals surface area contributed by atoms with Gasteiger partial charge in [0, 0.05) is 52.6 Å². The first-order valence-electron chi connectivity index (χ1n) is 6.82. The van der Waals surface area contributed by atoms with Crippen LogP contribution in [0.25, 0.3) is 0 Å². The van der Waals surface area contributed by atoms with Crippen molar-refractivity contribution in [2.24, 2.45) is 0 Å². The quantitative estimate of drug-likeness (QED) is 0.755. The molecule has 0 aromatic heterocycles. The molecule has 6 heteroatoms. The molecule has 2 aliphatic rings. The summed E-state index contributed by atoms with van der Waals surface area (Å²) in [4.78, 5) is 26.6. The molecule has 19 heavy (non-hydrogen) atoms. The lowest BCUT2D eigenvalue weighted by Gasteiger charge is -2.35. The Labute approximate surface area is 113 Å². The van der Waals surface area contributed by atoms with Crippen LogP contribution in [0.15, 0.2) is 0 Å². The van der Waals surface area contributed by atoms with Gasteiger partial charge in [0.15, 0.2) is 0 Å². The van der Waals surface area contributed by atoms with Crippen LogP contribution in [0.5, 0.6) is 0 Å². The summed E-state index contributed by atoms with van der Waals surface area (Å²) in [6, 6.07) is 0. The van der Waals surface area contributed by atoms with Gasteiger partial charge in [-0.25, -0.2) is 0 Å². The van der Waals surface area contributed by atoms with Crippen molar-refractivity contribution in [2.75, 3.05) is 39.9 Å². The number of hydrogen-bond acceptors (Lipinski definition) is 4. The number of likely N-dealkylation sites (tertiary alicyclic amines) is 1. The van der Waals surface area contributed by atoms with Gasteiger partial charge in [0.25, 0.3) is 0 Å². The highest BCUT2D eigenvalue weighted by Gasteiger charge is 2.33. The zero-order valence-electron chi connectivity index (χ0n) is 11.4. The number of aliphatic hydroxyl groups is 1. The van der Waals surface area contributed by atoms with Crippen molar-refractivity contribution in [1.29, 1.82) is 0 Å². The lowest BCUT2D eigenvalue weighted by molar-refractivity contribution is -0.141. The standard InChI is InChI=1S/C13H22N2O4/c1-14(10-13(18)4-7-19-8-5-13)12(17)9-15-6-2-3-11(15)16/h18H,2-10H2,1H3. The number of likely N-dealkylation sites (N-methyl/N-ethyl adjacent to an activating group) is 1. The van der Waals surface area contributed by atoms with Crippen LogP contribution in [0.3, 0.4) is 0 Å². The molecule has 2 amide bonds. The van der Waals surface area contributed by atoms with Crippen molar-refractivity contribution >= 4 is 11.8 Å². The highest BCUT2D eigenvalue weighted by atomic mass is 16.5. The van der Waals surface area contributed by atoms with Gasteiger partial charge < -0.3 is 19.6 Å². The van der Waals surface area contributed by atoms with Crippen molar-refractivity contribution in [3.63, 3.8) is 0 Å². The van der Waals surface area contributed by atoms with Gasteiger partial charge in [-0.05, 0) is 6.42 Å². The van der Waals surface area contributed by atoms with Crippen LogP contribution in [-0.2, 0) is 14.3 Å². The van der Waals surface area contributed by atoms with Crippen LogP contribution in [0.4, 0.5) is 0 Å². The third kappa shape index (κ3) is 3.67. The van der Waals surface area contributed by atoms with E-state index in [1.54, 1.807) is 11.9 Å². The summed E-state index contributed by atoms with van der Waals surface area (Å²) in [6.07, 6.45) is 2.47. The predicted octanol–water partition coefficient (Wildman–Crippen LogP) is -0.391. The molecule has 0 aromatic rings. The summed E-state index contributed by atoms with van der Waals surface area (Å²) in [7, 11) is 1.68. The molecule has 1 N–H and O–H groups in total. The Balaban J connectivity index is 1.83. The largest absolute Gasteiger partial charge is 0.388 e. The Morgan fingerprint density at radius 1 is 1.47 bits per heavy atom. The predicted molar refractivity (Wildman–Crippen MR) is 68.5 cm³/mol. The smallest absolute Gasteiger partial charge is 0.242 e.